The molecule has 0 amide bonds. The molecule has 3 heterocycles. The zero-order valence-electron chi connectivity index (χ0n) is 24.8. The SMILES string of the molecule is Cn1ccc(S(=O)(=O)N(CCCCCO)[C@H]2CCC3=Cc4c(cnn4-c4ccc(F)cc4)C[C@]3(C(=O)c3cc(Cl)ccn3)C2)n1. The van der Waals surface area contributed by atoms with Crippen LogP contribution in [0.3, 0.4) is 0 Å². The van der Waals surface area contributed by atoms with Gasteiger partial charge in [0, 0.05) is 43.7 Å². The molecule has 2 aliphatic carbocycles. The van der Waals surface area contributed by atoms with E-state index < -0.39 is 21.5 Å². The molecule has 0 spiro atoms. The molecule has 1 saturated carbocycles. The number of benzene rings is 1. The number of carbonyl (C=O) groups is 1. The largest absolute Gasteiger partial charge is 0.396 e. The number of unbranched alkanes of at least 4 members (excludes halogenated alkanes) is 2. The van der Waals surface area contributed by atoms with Crippen LogP contribution in [0.5, 0.6) is 0 Å². The van der Waals surface area contributed by atoms with Gasteiger partial charge in [-0.1, -0.05) is 17.2 Å². The molecule has 1 fully saturated rings. The molecule has 2 aliphatic rings. The van der Waals surface area contributed by atoms with Gasteiger partial charge in [-0.3, -0.25) is 14.5 Å². The van der Waals surface area contributed by atoms with Crippen molar-refractivity contribution in [3.63, 3.8) is 0 Å². The van der Waals surface area contributed by atoms with Crippen LogP contribution in [0.4, 0.5) is 4.39 Å². The lowest BCUT2D eigenvalue weighted by molar-refractivity contribution is 0.0736. The Balaban J connectivity index is 1.42. The molecule has 10 nitrogen and oxygen atoms in total. The number of aliphatic hydroxyl groups excluding tert-OH is 1. The Labute approximate surface area is 266 Å². The van der Waals surface area contributed by atoms with E-state index in [4.69, 9.17) is 11.6 Å². The van der Waals surface area contributed by atoms with Gasteiger partial charge >= 0.3 is 0 Å². The summed E-state index contributed by atoms with van der Waals surface area (Å²) in [5.74, 6) is -0.576. The van der Waals surface area contributed by atoms with Crippen molar-refractivity contribution in [2.75, 3.05) is 13.2 Å². The van der Waals surface area contributed by atoms with Crippen LogP contribution < -0.4 is 0 Å². The fourth-order valence-corrected chi connectivity index (χ4v) is 8.40. The van der Waals surface area contributed by atoms with Gasteiger partial charge in [-0.25, -0.2) is 17.5 Å². The molecule has 0 saturated heterocycles. The van der Waals surface area contributed by atoms with Gasteiger partial charge < -0.3 is 5.11 Å². The third-order valence-electron chi connectivity index (χ3n) is 8.80. The van der Waals surface area contributed by atoms with Crippen molar-refractivity contribution in [2.24, 2.45) is 12.5 Å². The number of aryl methyl sites for hydroxylation is 1. The van der Waals surface area contributed by atoms with Crippen LogP contribution in [0.25, 0.3) is 11.8 Å². The van der Waals surface area contributed by atoms with E-state index in [-0.39, 0.29) is 41.9 Å². The van der Waals surface area contributed by atoms with E-state index in [1.54, 1.807) is 48.4 Å². The number of allylic oxidation sites excluding steroid dienone is 1. The maximum absolute atomic E-state index is 14.6. The number of pyridine rings is 1. The molecule has 13 heteroatoms. The first-order valence-electron chi connectivity index (χ1n) is 14.9. The molecule has 3 aromatic heterocycles. The molecule has 2 atom stereocenters. The highest BCUT2D eigenvalue weighted by Crippen LogP contribution is 2.51. The number of aliphatic hydroxyl groups is 1. The second-order valence-corrected chi connectivity index (χ2v) is 14.0. The van der Waals surface area contributed by atoms with Crippen molar-refractivity contribution in [1.82, 2.24) is 28.9 Å². The van der Waals surface area contributed by atoms with Gasteiger partial charge in [-0.15, -0.1) is 0 Å². The standard InChI is InChI=1S/C32H34ClFN6O4S/c1-38-15-12-30(37-38)45(43,44)39(14-3-2-4-16-41)27-8-5-23-17-29-22(21-36-40(29)26-9-6-25(34)7-10-26)19-32(23,20-27)31(42)28-18-24(33)11-13-35-28/h6-7,9-13,15,17-18,21,27,41H,2-5,8,14,16,19-20H2,1H3/t27-,32-/m0/s1. The summed E-state index contributed by atoms with van der Waals surface area (Å²) in [7, 11) is -2.33. The van der Waals surface area contributed by atoms with Gasteiger partial charge in [-0.05, 0) is 99.0 Å². The van der Waals surface area contributed by atoms with Crippen molar-refractivity contribution >= 4 is 33.5 Å². The minimum atomic E-state index is -4.00. The van der Waals surface area contributed by atoms with Gasteiger partial charge in [0.25, 0.3) is 10.0 Å². The first-order chi connectivity index (χ1) is 21.6. The summed E-state index contributed by atoms with van der Waals surface area (Å²) >= 11 is 6.29. The first kappa shape index (κ1) is 31.3. The summed E-state index contributed by atoms with van der Waals surface area (Å²) in [6.07, 6.45) is 10.1. The number of halogens is 2. The first-order valence-corrected chi connectivity index (χ1v) is 16.8. The Morgan fingerprint density at radius 2 is 1.98 bits per heavy atom. The highest BCUT2D eigenvalue weighted by Gasteiger charge is 2.51. The Morgan fingerprint density at radius 3 is 2.69 bits per heavy atom. The number of rotatable bonds is 11. The zero-order chi connectivity index (χ0) is 31.8. The Kier molecular flexibility index (Phi) is 8.75. The molecule has 0 bridgehead atoms. The van der Waals surface area contributed by atoms with Crippen molar-refractivity contribution < 1.29 is 22.7 Å². The number of carbonyl (C=O) groups excluding carboxylic acids is 1. The van der Waals surface area contributed by atoms with Crippen LogP contribution in [-0.4, -0.2) is 67.4 Å². The van der Waals surface area contributed by atoms with Gasteiger partial charge in [0.05, 0.1) is 23.0 Å². The second kappa shape index (κ2) is 12.6. The minimum Gasteiger partial charge on any atom is -0.396 e. The van der Waals surface area contributed by atoms with Gasteiger partial charge in [0.15, 0.2) is 10.8 Å². The average molecular weight is 653 g/mol. The number of fused-ring (bicyclic) bond motifs is 2. The maximum Gasteiger partial charge on any atom is 0.262 e. The predicted molar refractivity (Wildman–Crippen MR) is 167 cm³/mol. The van der Waals surface area contributed by atoms with Gasteiger partial charge in [0.1, 0.15) is 11.5 Å². The summed E-state index contributed by atoms with van der Waals surface area (Å²) < 4.78 is 46.5. The molecular formula is C32H34ClFN6O4S. The van der Waals surface area contributed by atoms with E-state index >= 15 is 0 Å². The zero-order valence-corrected chi connectivity index (χ0v) is 26.4. The summed E-state index contributed by atoms with van der Waals surface area (Å²) in [5.41, 5.74) is 2.31. The topological polar surface area (TPSA) is 123 Å². The molecule has 0 radical (unpaired) electrons. The van der Waals surface area contributed by atoms with Crippen molar-refractivity contribution in [3.8, 4) is 5.69 Å². The monoisotopic (exact) mass is 652 g/mol. The third kappa shape index (κ3) is 5.99. The van der Waals surface area contributed by atoms with Crippen LogP contribution in [-0.2, 0) is 23.5 Å². The molecular weight excluding hydrogens is 619 g/mol. The van der Waals surface area contributed by atoms with Crippen LogP contribution >= 0.6 is 11.6 Å². The molecule has 0 aliphatic heterocycles. The van der Waals surface area contributed by atoms with E-state index in [0.717, 1.165) is 16.8 Å². The van der Waals surface area contributed by atoms with E-state index in [0.29, 0.717) is 49.2 Å². The molecule has 6 rings (SSSR count). The predicted octanol–water partition coefficient (Wildman–Crippen LogP) is 5.01. The molecule has 0 unspecified atom stereocenters. The Bertz CT molecular complexity index is 1850. The lowest BCUT2D eigenvalue weighted by Gasteiger charge is -2.46. The number of hydrogen-bond acceptors (Lipinski definition) is 7. The van der Waals surface area contributed by atoms with E-state index in [1.165, 1.54) is 33.4 Å². The lowest BCUT2D eigenvalue weighted by atomic mass is 9.60. The summed E-state index contributed by atoms with van der Waals surface area (Å²) in [6.45, 7) is 0.263. The number of Topliss-reactive ketones (excluding diaryl/α,β-unsaturated/α-hetero) is 1. The fraction of sp³-hybridized carbons (Fsp3) is 0.375. The highest BCUT2D eigenvalue weighted by molar-refractivity contribution is 7.89. The van der Waals surface area contributed by atoms with Crippen molar-refractivity contribution in [2.45, 2.75) is 56.0 Å². The smallest absolute Gasteiger partial charge is 0.262 e. The minimum absolute atomic E-state index is 0.0305. The lowest BCUT2D eigenvalue weighted by Crippen LogP contribution is -2.51. The Morgan fingerprint density at radius 1 is 1.18 bits per heavy atom. The van der Waals surface area contributed by atoms with Crippen LogP contribution in [0.2, 0.25) is 5.02 Å². The van der Waals surface area contributed by atoms with Crippen molar-refractivity contribution in [1.29, 1.82) is 0 Å². The number of nitrogens with zero attached hydrogens (tertiary/aromatic N) is 6. The van der Waals surface area contributed by atoms with E-state index in [2.05, 4.69) is 15.2 Å². The Hall–Kier alpha value is -3.71. The highest BCUT2D eigenvalue weighted by atomic mass is 35.5. The summed E-state index contributed by atoms with van der Waals surface area (Å²) in [5, 5.41) is 18.4. The van der Waals surface area contributed by atoms with E-state index in [1.807, 2.05) is 6.08 Å². The second-order valence-electron chi connectivity index (χ2n) is 11.7. The number of sulfonamides is 1. The van der Waals surface area contributed by atoms with Gasteiger partial charge in [0.2, 0.25) is 0 Å². The fourth-order valence-electron chi connectivity index (χ4n) is 6.60. The maximum atomic E-state index is 14.6. The summed E-state index contributed by atoms with van der Waals surface area (Å²) in [4.78, 5) is 19.0. The summed E-state index contributed by atoms with van der Waals surface area (Å²) in [6, 6.07) is 10.2. The number of hydrogen-bond donors (Lipinski definition) is 1. The molecule has 4 aromatic rings. The van der Waals surface area contributed by atoms with Gasteiger partial charge in [-0.2, -0.15) is 14.5 Å². The molecule has 1 aromatic carbocycles. The van der Waals surface area contributed by atoms with Crippen molar-refractivity contribution in [3.05, 3.63) is 94.4 Å². The van der Waals surface area contributed by atoms with Crippen LogP contribution in [0.1, 0.15) is 60.3 Å². The van der Waals surface area contributed by atoms with E-state index in [9.17, 15) is 22.7 Å². The number of aromatic nitrogens is 5. The number of ketones is 1. The third-order valence-corrected chi connectivity index (χ3v) is 10.9. The average Bonchev–Trinajstić information content (AvgIpc) is 3.66. The normalized spacial score (nSPS) is 19.7. The van der Waals surface area contributed by atoms with Crippen LogP contribution in [0.15, 0.2) is 71.7 Å². The molecule has 236 valence electrons. The molecule has 1 N–H and O–H groups in total. The van der Waals surface area contributed by atoms with Crippen LogP contribution in [0, 0.1) is 11.2 Å². The molecule has 45 heavy (non-hydrogen) atoms. The quantitative estimate of drug-likeness (QED) is 0.179.